The molecule has 0 bridgehead atoms. The van der Waals surface area contributed by atoms with Crippen LogP contribution in [0, 0.1) is 15.9 Å². The third-order valence-corrected chi connectivity index (χ3v) is 3.06. The maximum Gasteiger partial charge on any atom is 0.295 e. The van der Waals surface area contributed by atoms with Gasteiger partial charge in [0.25, 0.3) is 5.69 Å². The summed E-state index contributed by atoms with van der Waals surface area (Å²) in [4.78, 5) is 10.2. The molecule has 6 nitrogen and oxygen atoms in total. The van der Waals surface area contributed by atoms with E-state index in [1.54, 1.807) is 7.11 Å². The van der Waals surface area contributed by atoms with E-state index in [1.807, 2.05) is 0 Å². The number of nitro groups is 1. The number of hydrogen-bond donors (Lipinski definition) is 1. The van der Waals surface area contributed by atoms with Crippen LogP contribution >= 0.6 is 15.9 Å². The molecule has 20 heavy (non-hydrogen) atoms. The predicted octanol–water partition coefficient (Wildman–Crippen LogP) is 2.96. The molecule has 0 unspecified atom stereocenters. The van der Waals surface area contributed by atoms with Crippen molar-refractivity contribution in [2.45, 2.75) is 6.42 Å². The van der Waals surface area contributed by atoms with Gasteiger partial charge in [-0.05, 0) is 28.4 Å². The first-order chi connectivity index (χ1) is 9.56. The van der Waals surface area contributed by atoms with Gasteiger partial charge in [-0.25, -0.2) is 4.39 Å². The number of methoxy groups -OCH3 is 1. The summed E-state index contributed by atoms with van der Waals surface area (Å²) in [6.45, 7) is 2.06. The Bertz CT molecular complexity index is 459. The van der Waals surface area contributed by atoms with E-state index in [2.05, 4.69) is 21.2 Å². The molecule has 0 aromatic heterocycles. The van der Waals surface area contributed by atoms with Gasteiger partial charge in [-0.3, -0.25) is 10.1 Å². The van der Waals surface area contributed by atoms with Gasteiger partial charge in [-0.2, -0.15) is 0 Å². The largest absolute Gasteiger partial charge is 0.382 e. The van der Waals surface area contributed by atoms with Crippen LogP contribution in [0.15, 0.2) is 16.6 Å². The summed E-state index contributed by atoms with van der Waals surface area (Å²) < 4.78 is 23.5. The van der Waals surface area contributed by atoms with Gasteiger partial charge in [0.05, 0.1) is 28.7 Å². The summed E-state index contributed by atoms with van der Waals surface area (Å²) in [5.41, 5.74) is -0.00818. The van der Waals surface area contributed by atoms with E-state index in [0.717, 1.165) is 6.07 Å². The highest BCUT2D eigenvalue weighted by atomic mass is 79.9. The lowest BCUT2D eigenvalue weighted by Crippen LogP contribution is -2.09. The molecule has 112 valence electrons. The highest BCUT2D eigenvalue weighted by Gasteiger charge is 2.17. The van der Waals surface area contributed by atoms with E-state index >= 15 is 0 Å². The molecule has 0 amide bonds. The van der Waals surface area contributed by atoms with Crippen LogP contribution in [-0.4, -0.2) is 38.4 Å². The Labute approximate surface area is 124 Å². The molecule has 0 aliphatic carbocycles. The van der Waals surface area contributed by atoms with Gasteiger partial charge in [0.15, 0.2) is 0 Å². The molecule has 0 radical (unpaired) electrons. The molecule has 0 heterocycles. The van der Waals surface area contributed by atoms with E-state index in [4.69, 9.17) is 9.47 Å². The first-order valence-corrected chi connectivity index (χ1v) is 6.79. The number of hydrogen-bond acceptors (Lipinski definition) is 5. The van der Waals surface area contributed by atoms with Gasteiger partial charge in [0.1, 0.15) is 11.5 Å². The van der Waals surface area contributed by atoms with Crippen molar-refractivity contribution in [2.24, 2.45) is 0 Å². The number of nitrogens with zero attached hydrogens (tertiary/aromatic N) is 1. The summed E-state index contributed by atoms with van der Waals surface area (Å²) in [7, 11) is 1.59. The fraction of sp³-hybridized carbons (Fsp3) is 0.500. The molecule has 0 aliphatic rings. The van der Waals surface area contributed by atoms with Crippen LogP contribution in [0.1, 0.15) is 6.42 Å². The number of anilines is 1. The minimum absolute atomic E-state index is 0.182. The highest BCUT2D eigenvalue weighted by Crippen LogP contribution is 2.30. The lowest BCUT2D eigenvalue weighted by atomic mass is 10.2. The number of rotatable bonds is 9. The number of ether oxygens (including phenoxy) is 2. The van der Waals surface area contributed by atoms with Gasteiger partial charge in [-0.15, -0.1) is 0 Å². The minimum atomic E-state index is -0.662. The number of nitrogens with one attached hydrogen (secondary N) is 1. The maximum atomic E-state index is 13.3. The molecule has 1 aromatic rings. The Hall–Kier alpha value is -1.25. The lowest BCUT2D eigenvalue weighted by molar-refractivity contribution is -0.384. The third-order valence-electron chi connectivity index (χ3n) is 2.45. The maximum absolute atomic E-state index is 13.3. The van der Waals surface area contributed by atoms with Crippen molar-refractivity contribution in [1.29, 1.82) is 0 Å². The number of halogens is 2. The molecule has 0 aliphatic heterocycles. The number of nitro benzene ring substituents is 1. The van der Waals surface area contributed by atoms with E-state index < -0.39 is 10.7 Å². The average molecular weight is 351 g/mol. The predicted molar refractivity (Wildman–Crippen MR) is 76.6 cm³/mol. The smallest absolute Gasteiger partial charge is 0.295 e. The van der Waals surface area contributed by atoms with Crippen molar-refractivity contribution in [3.05, 3.63) is 32.5 Å². The zero-order valence-electron chi connectivity index (χ0n) is 11.0. The van der Waals surface area contributed by atoms with Gasteiger partial charge in [-0.1, -0.05) is 0 Å². The third kappa shape index (κ3) is 5.40. The van der Waals surface area contributed by atoms with Gasteiger partial charge < -0.3 is 14.8 Å². The van der Waals surface area contributed by atoms with Crippen LogP contribution in [0.3, 0.4) is 0 Å². The topological polar surface area (TPSA) is 73.6 Å². The van der Waals surface area contributed by atoms with Crippen molar-refractivity contribution >= 4 is 27.3 Å². The van der Waals surface area contributed by atoms with Gasteiger partial charge >= 0.3 is 0 Å². The van der Waals surface area contributed by atoms with Crippen LogP contribution in [0.4, 0.5) is 15.8 Å². The van der Waals surface area contributed by atoms with Crippen molar-refractivity contribution in [3.8, 4) is 0 Å². The summed E-state index contributed by atoms with van der Waals surface area (Å²) in [5, 5.41) is 13.7. The Morgan fingerprint density at radius 1 is 1.40 bits per heavy atom. The van der Waals surface area contributed by atoms with Crippen LogP contribution in [0.2, 0.25) is 0 Å². The van der Waals surface area contributed by atoms with Crippen LogP contribution < -0.4 is 5.32 Å². The van der Waals surface area contributed by atoms with Crippen molar-refractivity contribution in [2.75, 3.05) is 38.8 Å². The van der Waals surface area contributed by atoms with Crippen molar-refractivity contribution in [3.63, 3.8) is 0 Å². The quantitative estimate of drug-likeness (QED) is 0.421. The van der Waals surface area contributed by atoms with Crippen molar-refractivity contribution < 1.29 is 18.8 Å². The second kappa shape index (κ2) is 8.83. The summed E-state index contributed by atoms with van der Waals surface area (Å²) in [6, 6.07) is 2.25. The molecule has 0 atom stereocenters. The van der Waals surface area contributed by atoms with Crippen LogP contribution in [-0.2, 0) is 9.47 Å². The Kier molecular flexibility index (Phi) is 7.42. The second-order valence-electron chi connectivity index (χ2n) is 3.93. The summed E-state index contributed by atoms with van der Waals surface area (Å²) in [6.07, 6.45) is 0.676. The molecular weight excluding hydrogens is 335 g/mol. The Balaban J connectivity index is 2.47. The molecule has 1 aromatic carbocycles. The molecular formula is C12H16BrFN2O4. The van der Waals surface area contributed by atoms with Crippen molar-refractivity contribution in [1.82, 2.24) is 0 Å². The fourth-order valence-corrected chi connectivity index (χ4v) is 1.81. The molecule has 0 fully saturated rings. The van der Waals surface area contributed by atoms with E-state index in [1.165, 1.54) is 6.07 Å². The van der Waals surface area contributed by atoms with Gasteiger partial charge in [0, 0.05) is 20.3 Å². The van der Waals surface area contributed by atoms with E-state index in [0.29, 0.717) is 32.8 Å². The molecule has 8 heteroatoms. The highest BCUT2D eigenvalue weighted by molar-refractivity contribution is 9.10. The first kappa shape index (κ1) is 16.8. The van der Waals surface area contributed by atoms with Gasteiger partial charge in [0.2, 0.25) is 0 Å². The van der Waals surface area contributed by atoms with E-state index in [9.17, 15) is 14.5 Å². The normalized spacial score (nSPS) is 10.6. The molecule has 1 rings (SSSR count). The Morgan fingerprint density at radius 3 is 2.80 bits per heavy atom. The summed E-state index contributed by atoms with van der Waals surface area (Å²) >= 11 is 3.00. The SMILES string of the molecule is COCCOCCCNc1cc(Br)c(F)cc1[N+](=O)[O-]. The molecule has 0 saturated heterocycles. The minimum Gasteiger partial charge on any atom is -0.382 e. The second-order valence-corrected chi connectivity index (χ2v) is 4.78. The fourth-order valence-electron chi connectivity index (χ4n) is 1.47. The van der Waals surface area contributed by atoms with Crippen LogP contribution in [0.5, 0.6) is 0 Å². The Morgan fingerprint density at radius 2 is 2.15 bits per heavy atom. The van der Waals surface area contributed by atoms with Crippen LogP contribution in [0.25, 0.3) is 0 Å². The molecule has 0 saturated carbocycles. The monoisotopic (exact) mass is 350 g/mol. The standard InChI is InChI=1S/C12H16BrFN2O4/c1-19-5-6-20-4-2-3-15-11-7-9(13)10(14)8-12(11)16(17)18/h7-8,15H,2-6H2,1H3. The zero-order chi connectivity index (χ0) is 15.0. The number of benzene rings is 1. The molecule has 1 N–H and O–H groups in total. The average Bonchev–Trinajstić information content (AvgIpc) is 2.41. The van der Waals surface area contributed by atoms with E-state index in [-0.39, 0.29) is 15.8 Å². The molecule has 0 spiro atoms. The first-order valence-electron chi connectivity index (χ1n) is 6.00. The summed E-state index contributed by atoms with van der Waals surface area (Å²) in [5.74, 6) is -0.662. The lowest BCUT2D eigenvalue weighted by Gasteiger charge is -2.08. The zero-order valence-corrected chi connectivity index (χ0v) is 12.6.